The number of anilines is 1. The fourth-order valence-corrected chi connectivity index (χ4v) is 2.27. The Morgan fingerprint density at radius 2 is 1.65 bits per heavy atom. The molecule has 0 spiro atoms. The molecule has 0 aliphatic carbocycles. The van der Waals surface area contributed by atoms with Crippen LogP contribution in [-0.4, -0.2) is 9.55 Å². The summed E-state index contributed by atoms with van der Waals surface area (Å²) in [4.78, 5) is 4.19. The molecule has 1 aromatic heterocycles. The first-order valence-electron chi connectivity index (χ1n) is 6.26. The molecule has 2 aromatic carbocycles. The normalized spacial score (nSPS) is 11.0. The predicted molar refractivity (Wildman–Crippen MR) is 96.2 cm³/mol. The van der Waals surface area contributed by atoms with Crippen molar-refractivity contribution in [3.63, 3.8) is 0 Å². The maximum absolute atomic E-state index is 12.8. The number of nitrogens with zero attached hydrogens (tertiary/aromatic N) is 2. The Labute approximate surface area is 151 Å². The minimum Gasteiger partial charge on any atom is -0.369 e. The van der Waals surface area contributed by atoms with Gasteiger partial charge in [0.25, 0.3) is 0 Å². The van der Waals surface area contributed by atoms with Crippen LogP contribution in [0.2, 0.25) is 0 Å². The van der Waals surface area contributed by atoms with Crippen LogP contribution in [0.4, 0.5) is 19.1 Å². The van der Waals surface area contributed by atoms with Crippen molar-refractivity contribution in [2.24, 2.45) is 7.05 Å². The van der Waals surface area contributed by atoms with Gasteiger partial charge in [-0.25, -0.2) is 4.98 Å². The Kier molecular flexibility index (Phi) is 5.87. The van der Waals surface area contributed by atoms with Gasteiger partial charge >= 0.3 is 6.18 Å². The molecule has 0 saturated carbocycles. The summed E-state index contributed by atoms with van der Waals surface area (Å²) in [6.45, 7) is 0. The van der Waals surface area contributed by atoms with Crippen molar-refractivity contribution in [2.75, 3.05) is 5.73 Å². The molecule has 0 unspecified atom stereocenters. The topological polar surface area (TPSA) is 43.8 Å². The highest BCUT2D eigenvalue weighted by molar-refractivity contribution is 8.93. The smallest absolute Gasteiger partial charge is 0.369 e. The number of halogens is 5. The van der Waals surface area contributed by atoms with Crippen molar-refractivity contribution in [1.82, 2.24) is 9.55 Å². The van der Waals surface area contributed by atoms with Gasteiger partial charge in [0, 0.05) is 7.05 Å². The molecule has 3 rings (SSSR count). The second-order valence-corrected chi connectivity index (χ2v) is 4.81. The molecule has 2 N–H and O–H groups in total. The average molecular weight is 453 g/mol. The number of alkyl halides is 3. The van der Waals surface area contributed by atoms with E-state index in [2.05, 4.69) is 4.98 Å². The summed E-state index contributed by atoms with van der Waals surface area (Å²) in [6, 6.07) is 10.5. The maximum atomic E-state index is 12.8. The van der Waals surface area contributed by atoms with Crippen LogP contribution in [0.5, 0.6) is 0 Å². The van der Waals surface area contributed by atoms with Gasteiger partial charge in [0.2, 0.25) is 5.95 Å². The summed E-state index contributed by atoms with van der Waals surface area (Å²) in [5, 5.41) is 0. The molecular weight excluding hydrogens is 439 g/mol. The Balaban J connectivity index is 0.00000132. The van der Waals surface area contributed by atoms with E-state index in [-0.39, 0.29) is 34.0 Å². The molecule has 8 heteroatoms. The summed E-state index contributed by atoms with van der Waals surface area (Å²) in [7, 11) is 1.79. The number of imidazole rings is 1. The van der Waals surface area contributed by atoms with E-state index in [1.165, 1.54) is 6.07 Å². The molecule has 0 bridgehead atoms. The Morgan fingerprint density at radius 3 is 2.30 bits per heavy atom. The average Bonchev–Trinajstić information content (AvgIpc) is 2.73. The van der Waals surface area contributed by atoms with Crippen molar-refractivity contribution in [3.05, 3.63) is 48.0 Å². The summed E-state index contributed by atoms with van der Waals surface area (Å²) >= 11 is 0. The van der Waals surface area contributed by atoms with Crippen molar-refractivity contribution < 1.29 is 13.2 Å². The van der Waals surface area contributed by atoms with Crippen LogP contribution in [0.15, 0.2) is 42.5 Å². The Bertz CT molecular complexity index is 828. The number of aryl methyl sites for hydroxylation is 1. The summed E-state index contributed by atoms with van der Waals surface area (Å²) < 4.78 is 40.0. The monoisotopic (exact) mass is 451 g/mol. The molecule has 3 nitrogen and oxygen atoms in total. The second-order valence-electron chi connectivity index (χ2n) is 4.81. The third-order valence-electron chi connectivity index (χ3n) is 3.44. The van der Waals surface area contributed by atoms with Crippen LogP contribution in [0.3, 0.4) is 0 Å². The van der Waals surface area contributed by atoms with E-state index < -0.39 is 11.7 Å². The highest BCUT2D eigenvalue weighted by Crippen LogP contribution is 2.33. The molecule has 0 aliphatic rings. The number of nitrogens with two attached hydrogens (primary N) is 1. The molecule has 0 amide bonds. The molecule has 124 valence electrons. The molecule has 0 aliphatic heterocycles. The summed E-state index contributed by atoms with van der Waals surface area (Å²) in [5.41, 5.74) is 7.72. The summed E-state index contributed by atoms with van der Waals surface area (Å²) in [5.74, 6) is 0.367. The minimum atomic E-state index is -4.35. The number of benzene rings is 2. The third-order valence-corrected chi connectivity index (χ3v) is 3.44. The van der Waals surface area contributed by atoms with E-state index in [9.17, 15) is 13.2 Å². The van der Waals surface area contributed by atoms with Crippen molar-refractivity contribution in [3.8, 4) is 11.1 Å². The molecule has 0 radical (unpaired) electrons. The first kappa shape index (κ1) is 19.5. The first-order chi connectivity index (χ1) is 9.86. The van der Waals surface area contributed by atoms with E-state index in [1.54, 1.807) is 35.9 Å². The van der Waals surface area contributed by atoms with Crippen LogP contribution in [-0.2, 0) is 13.2 Å². The SMILES string of the molecule is Br.Br.Cn1c(N)nc2cc(-c3cccc(C(F)(F)F)c3)ccc21. The number of hydrogen-bond donors (Lipinski definition) is 1. The van der Waals surface area contributed by atoms with Gasteiger partial charge in [0.05, 0.1) is 16.6 Å². The quantitative estimate of drug-likeness (QED) is 0.564. The van der Waals surface area contributed by atoms with Gasteiger partial charge in [-0.1, -0.05) is 18.2 Å². The highest BCUT2D eigenvalue weighted by atomic mass is 79.9. The van der Waals surface area contributed by atoms with Gasteiger partial charge in [0.15, 0.2) is 0 Å². The zero-order valence-electron chi connectivity index (χ0n) is 12.0. The van der Waals surface area contributed by atoms with E-state index >= 15 is 0 Å². The zero-order valence-corrected chi connectivity index (χ0v) is 15.4. The predicted octanol–water partition coefficient (Wildman–Crippen LogP) is 5.00. The number of hydrogen-bond acceptors (Lipinski definition) is 2. The van der Waals surface area contributed by atoms with Crippen LogP contribution in [0.1, 0.15) is 5.56 Å². The van der Waals surface area contributed by atoms with Gasteiger partial charge in [0.1, 0.15) is 0 Å². The molecule has 0 atom stereocenters. The lowest BCUT2D eigenvalue weighted by molar-refractivity contribution is -0.137. The van der Waals surface area contributed by atoms with E-state index in [0.29, 0.717) is 22.6 Å². The lowest BCUT2D eigenvalue weighted by Gasteiger charge is -2.09. The fourth-order valence-electron chi connectivity index (χ4n) is 2.27. The zero-order chi connectivity index (χ0) is 15.2. The lowest BCUT2D eigenvalue weighted by atomic mass is 10.0. The standard InChI is InChI=1S/C15H12F3N3.2BrH/c1-21-13-6-5-10(8-12(13)20-14(21)19)9-3-2-4-11(7-9)15(16,17)18;;/h2-8H,1H3,(H2,19,20);2*1H. The number of aromatic nitrogens is 2. The molecule has 3 aromatic rings. The maximum Gasteiger partial charge on any atom is 0.416 e. The molecule has 0 fully saturated rings. The molecule has 1 heterocycles. The largest absolute Gasteiger partial charge is 0.416 e. The molecular formula is C15H14Br2F3N3. The van der Waals surface area contributed by atoms with Gasteiger partial charge in [-0.3, -0.25) is 0 Å². The first-order valence-corrected chi connectivity index (χ1v) is 6.26. The van der Waals surface area contributed by atoms with Crippen LogP contribution in [0, 0.1) is 0 Å². The van der Waals surface area contributed by atoms with Gasteiger partial charge < -0.3 is 10.3 Å². The number of fused-ring (bicyclic) bond motifs is 1. The lowest BCUT2D eigenvalue weighted by Crippen LogP contribution is -2.04. The second kappa shape index (κ2) is 6.92. The van der Waals surface area contributed by atoms with Crippen molar-refractivity contribution in [2.45, 2.75) is 6.18 Å². The third kappa shape index (κ3) is 3.69. The van der Waals surface area contributed by atoms with E-state index in [0.717, 1.165) is 17.6 Å². The fraction of sp³-hybridized carbons (Fsp3) is 0.133. The van der Waals surface area contributed by atoms with Crippen molar-refractivity contribution in [1.29, 1.82) is 0 Å². The van der Waals surface area contributed by atoms with E-state index in [4.69, 9.17) is 5.73 Å². The van der Waals surface area contributed by atoms with Gasteiger partial charge in [-0.05, 0) is 35.4 Å². The van der Waals surface area contributed by atoms with Crippen LogP contribution < -0.4 is 5.73 Å². The van der Waals surface area contributed by atoms with Crippen molar-refractivity contribution >= 4 is 50.9 Å². The van der Waals surface area contributed by atoms with Crippen LogP contribution >= 0.6 is 34.0 Å². The number of nitrogen functional groups attached to an aromatic ring is 1. The molecule has 23 heavy (non-hydrogen) atoms. The minimum absolute atomic E-state index is 0. The van der Waals surface area contributed by atoms with Crippen LogP contribution in [0.25, 0.3) is 22.2 Å². The highest BCUT2D eigenvalue weighted by Gasteiger charge is 2.30. The summed E-state index contributed by atoms with van der Waals surface area (Å²) in [6.07, 6.45) is -4.35. The van der Waals surface area contributed by atoms with E-state index in [1.807, 2.05) is 0 Å². The van der Waals surface area contributed by atoms with Gasteiger partial charge in [-0.2, -0.15) is 13.2 Å². The van der Waals surface area contributed by atoms with Gasteiger partial charge in [-0.15, -0.1) is 34.0 Å². The Hall–Kier alpha value is -1.54. The Morgan fingerprint density at radius 1 is 1.00 bits per heavy atom. The molecule has 0 saturated heterocycles. The number of rotatable bonds is 1.